The molecule has 182 valence electrons. The van der Waals surface area contributed by atoms with Crippen LogP contribution in [-0.4, -0.2) is 25.9 Å². The Bertz CT molecular complexity index is 1780. The van der Waals surface area contributed by atoms with Gasteiger partial charge in [0, 0.05) is 18.2 Å². The van der Waals surface area contributed by atoms with Crippen LogP contribution in [0.1, 0.15) is 38.5 Å². The Labute approximate surface area is 211 Å². The van der Waals surface area contributed by atoms with E-state index >= 15 is 0 Å². The van der Waals surface area contributed by atoms with Crippen molar-refractivity contribution in [1.82, 2.24) is 9.13 Å². The minimum absolute atomic E-state index is 0.0734. The molecule has 4 aromatic rings. The number of fused-ring (bicyclic) bond motifs is 4. The van der Waals surface area contributed by atoms with E-state index in [-0.39, 0.29) is 5.76 Å². The third-order valence-corrected chi connectivity index (χ3v) is 6.93. The Morgan fingerprint density at radius 1 is 0.865 bits per heavy atom. The Hall–Kier alpha value is -4.98. The maximum absolute atomic E-state index is 13.4. The fraction of sp³-hybridized carbons (Fsp3) is 0.103. The number of aliphatic hydroxyl groups is 1. The summed E-state index contributed by atoms with van der Waals surface area (Å²) in [5.41, 5.74) is 3.20. The quantitative estimate of drug-likeness (QED) is 0.336. The van der Waals surface area contributed by atoms with Gasteiger partial charge in [-0.3, -0.25) is 4.79 Å². The largest absolute Gasteiger partial charge is 0.507 e. The number of hydrogen-bond donors (Lipinski definition) is 2. The summed E-state index contributed by atoms with van der Waals surface area (Å²) in [6, 6.07) is 22.9. The van der Waals surface area contributed by atoms with Crippen LogP contribution >= 0.6 is 0 Å². The number of nitrogens with zero attached hydrogens (tertiary/aromatic N) is 2. The van der Waals surface area contributed by atoms with Gasteiger partial charge in [0.1, 0.15) is 22.8 Å². The first-order valence-corrected chi connectivity index (χ1v) is 11.7. The average molecular weight is 493 g/mol. The number of nitrogens with one attached hydrogen (secondary N) is 1. The van der Waals surface area contributed by atoms with Crippen molar-refractivity contribution in [3.63, 3.8) is 0 Å². The molecule has 0 amide bonds. The molecule has 0 fully saturated rings. The standard InChI is InChI=1S/C29H21N3O5/c1-31-26-23(27(34)32(2)29(31)36)21(22-24(30-26)19-10-6-7-11-20(19)25(22)33)16-12-14-18(15-13-16)37-28(35)17-8-4-3-5-9-17/h3-15,21,33H,1-2H3/p+1. The third-order valence-electron chi connectivity index (χ3n) is 6.93. The Balaban J connectivity index is 1.50. The number of ether oxygens (including phenoxy) is 1. The van der Waals surface area contributed by atoms with Crippen molar-refractivity contribution in [2.75, 3.05) is 0 Å². The Morgan fingerprint density at radius 2 is 1.51 bits per heavy atom. The van der Waals surface area contributed by atoms with E-state index in [1.807, 2.05) is 30.3 Å². The number of rotatable bonds is 3. The molecule has 0 spiro atoms. The third kappa shape index (κ3) is 3.37. The summed E-state index contributed by atoms with van der Waals surface area (Å²) in [5, 5.41) is 11.3. The van der Waals surface area contributed by atoms with Crippen LogP contribution in [0.15, 0.2) is 94.0 Å². The number of allylic oxidation sites excluding steroid dienone is 1. The molecule has 1 unspecified atom stereocenters. The van der Waals surface area contributed by atoms with Gasteiger partial charge in [0.15, 0.2) is 0 Å². The van der Waals surface area contributed by atoms with Crippen molar-refractivity contribution >= 4 is 23.3 Å². The zero-order valence-corrected chi connectivity index (χ0v) is 20.1. The van der Waals surface area contributed by atoms with Crippen LogP contribution in [0.3, 0.4) is 0 Å². The van der Waals surface area contributed by atoms with E-state index in [9.17, 15) is 19.5 Å². The second kappa shape index (κ2) is 8.30. The van der Waals surface area contributed by atoms with Crippen molar-refractivity contribution in [1.29, 1.82) is 0 Å². The molecule has 1 atom stereocenters. The van der Waals surface area contributed by atoms with Crippen LogP contribution in [0.2, 0.25) is 0 Å². The van der Waals surface area contributed by atoms with E-state index in [0.717, 1.165) is 10.1 Å². The minimum atomic E-state index is -0.664. The minimum Gasteiger partial charge on any atom is -0.507 e. The predicted molar refractivity (Wildman–Crippen MR) is 137 cm³/mol. The first-order valence-electron chi connectivity index (χ1n) is 11.7. The van der Waals surface area contributed by atoms with E-state index < -0.39 is 23.1 Å². The van der Waals surface area contributed by atoms with Gasteiger partial charge in [0.25, 0.3) is 11.4 Å². The van der Waals surface area contributed by atoms with Gasteiger partial charge in [-0.05, 0) is 35.9 Å². The predicted octanol–water partition coefficient (Wildman–Crippen LogP) is 1.93. The fourth-order valence-corrected chi connectivity index (χ4v) is 5.08. The average Bonchev–Trinajstić information content (AvgIpc) is 3.22. The van der Waals surface area contributed by atoms with Gasteiger partial charge in [0.05, 0.1) is 24.1 Å². The highest BCUT2D eigenvalue weighted by Gasteiger charge is 2.44. The smallest absolute Gasteiger partial charge is 0.417 e. The number of esters is 1. The van der Waals surface area contributed by atoms with Gasteiger partial charge in [0.2, 0.25) is 0 Å². The summed E-state index contributed by atoms with van der Waals surface area (Å²) in [7, 11) is 3.04. The highest BCUT2D eigenvalue weighted by molar-refractivity contribution is 6.21. The van der Waals surface area contributed by atoms with E-state index in [0.29, 0.717) is 45.1 Å². The molecule has 8 nitrogen and oxygen atoms in total. The van der Waals surface area contributed by atoms with E-state index in [2.05, 4.69) is 4.99 Å². The summed E-state index contributed by atoms with van der Waals surface area (Å²) >= 11 is 0. The molecule has 0 bridgehead atoms. The van der Waals surface area contributed by atoms with E-state index in [1.54, 1.807) is 55.6 Å². The first kappa shape index (κ1) is 22.5. The molecule has 0 saturated carbocycles. The van der Waals surface area contributed by atoms with Crippen molar-refractivity contribution in [2.24, 2.45) is 14.1 Å². The summed E-state index contributed by atoms with van der Waals surface area (Å²) in [4.78, 5) is 41.9. The number of aromatic nitrogens is 2. The van der Waals surface area contributed by atoms with E-state index in [4.69, 9.17) is 4.74 Å². The normalized spacial score (nSPS) is 15.5. The molecule has 1 aliphatic carbocycles. The van der Waals surface area contributed by atoms with Gasteiger partial charge in [-0.25, -0.2) is 19.1 Å². The number of aliphatic hydroxyl groups excluding tert-OH is 1. The fourth-order valence-electron chi connectivity index (χ4n) is 5.08. The Kier molecular flexibility index (Phi) is 5.05. The van der Waals surface area contributed by atoms with Crippen molar-refractivity contribution in [3.05, 3.63) is 133 Å². The Morgan fingerprint density at radius 3 is 2.22 bits per heavy atom. The van der Waals surface area contributed by atoms with Crippen LogP contribution in [0, 0.1) is 0 Å². The monoisotopic (exact) mass is 492 g/mol. The van der Waals surface area contributed by atoms with Crippen LogP contribution in [0.5, 0.6) is 5.75 Å². The zero-order valence-electron chi connectivity index (χ0n) is 20.1. The van der Waals surface area contributed by atoms with Crippen molar-refractivity contribution < 1.29 is 19.6 Å². The molecule has 2 heterocycles. The highest BCUT2D eigenvalue weighted by Crippen LogP contribution is 2.43. The second-order valence-corrected chi connectivity index (χ2v) is 9.03. The first-order chi connectivity index (χ1) is 17.9. The van der Waals surface area contributed by atoms with Crippen molar-refractivity contribution in [3.8, 4) is 5.75 Å². The second-order valence-electron chi connectivity index (χ2n) is 9.03. The highest BCUT2D eigenvalue weighted by atomic mass is 16.5. The molecule has 1 aliphatic heterocycles. The number of hydrogen-bond acceptors (Lipinski definition) is 5. The zero-order chi connectivity index (χ0) is 25.8. The lowest BCUT2D eigenvalue weighted by molar-refractivity contribution is -0.364. The van der Waals surface area contributed by atoms with Crippen LogP contribution < -0.4 is 21.0 Å². The summed E-state index contributed by atoms with van der Waals surface area (Å²) < 4.78 is 7.99. The molecule has 1 aromatic heterocycles. The van der Waals surface area contributed by atoms with E-state index in [1.165, 1.54) is 11.6 Å². The molecule has 37 heavy (non-hydrogen) atoms. The molecule has 0 radical (unpaired) electrons. The van der Waals surface area contributed by atoms with Gasteiger partial charge in [-0.1, -0.05) is 48.5 Å². The van der Waals surface area contributed by atoms with Gasteiger partial charge < -0.3 is 9.84 Å². The molecular formula is C29H22N3O5+. The number of benzene rings is 3. The molecular weight excluding hydrogens is 470 g/mol. The molecule has 2 N–H and O–H groups in total. The van der Waals surface area contributed by atoms with Crippen molar-refractivity contribution in [2.45, 2.75) is 5.92 Å². The SMILES string of the molecule is Cn1c2c(c(=O)n(C)c1=O)C(c1ccc(OC(=O)c3ccccc3)cc1)C1=C(O)c3ccccc3C1=[NH+]2. The van der Waals surface area contributed by atoms with Crippen LogP contribution in [0.4, 0.5) is 5.82 Å². The lowest BCUT2D eigenvalue weighted by atomic mass is 9.81. The lowest BCUT2D eigenvalue weighted by Crippen LogP contribution is -2.73. The van der Waals surface area contributed by atoms with Gasteiger partial charge in [-0.15, -0.1) is 0 Å². The summed E-state index contributed by atoms with van der Waals surface area (Å²) in [6.07, 6.45) is 0. The molecule has 3 aromatic carbocycles. The topological polar surface area (TPSA) is 105 Å². The van der Waals surface area contributed by atoms with Crippen LogP contribution in [-0.2, 0) is 14.1 Å². The van der Waals surface area contributed by atoms with Gasteiger partial charge in [-0.2, -0.15) is 4.57 Å². The van der Waals surface area contributed by atoms with Crippen LogP contribution in [0.25, 0.3) is 5.76 Å². The summed E-state index contributed by atoms with van der Waals surface area (Å²) in [6.45, 7) is 0. The summed E-state index contributed by atoms with van der Waals surface area (Å²) in [5.74, 6) is -0.350. The maximum Gasteiger partial charge on any atom is 0.417 e. The maximum atomic E-state index is 13.4. The van der Waals surface area contributed by atoms with Gasteiger partial charge >= 0.3 is 11.7 Å². The molecule has 8 heteroatoms. The molecule has 2 aliphatic rings. The molecule has 6 rings (SSSR count). The lowest BCUT2D eigenvalue weighted by Gasteiger charge is -2.24. The molecule has 0 saturated heterocycles. The number of carbonyl (C=O) groups is 1. The number of carbonyl (C=O) groups excluding carboxylic acids is 1.